The Kier molecular flexibility index (Phi) is 2.98. The Bertz CT molecular complexity index is 399. The second-order valence-corrected chi connectivity index (χ2v) is 4.17. The van der Waals surface area contributed by atoms with Crippen LogP contribution in [0.3, 0.4) is 0 Å². The van der Waals surface area contributed by atoms with E-state index in [1.165, 1.54) is 0 Å². The van der Waals surface area contributed by atoms with Crippen LogP contribution >= 0.6 is 0 Å². The van der Waals surface area contributed by atoms with E-state index in [0.29, 0.717) is 18.8 Å². The minimum atomic E-state index is -1.05. The second kappa shape index (κ2) is 4.27. The third-order valence-corrected chi connectivity index (χ3v) is 2.87. The maximum atomic E-state index is 10.7. The predicted octanol–water partition coefficient (Wildman–Crippen LogP) is 0.853. The molecule has 88 valence electrons. The van der Waals surface area contributed by atoms with Crippen molar-refractivity contribution in [2.75, 3.05) is 13.1 Å². The molecule has 1 aliphatic heterocycles. The van der Waals surface area contributed by atoms with Gasteiger partial charge in [0, 0.05) is 25.2 Å². The van der Waals surface area contributed by atoms with Crippen LogP contribution < -0.4 is 0 Å². The first kappa shape index (κ1) is 11.2. The molecular formula is C11H15NO4. The lowest BCUT2D eigenvalue weighted by Gasteiger charge is -2.13. The van der Waals surface area contributed by atoms with Gasteiger partial charge in [-0.2, -0.15) is 0 Å². The number of hydrogen-bond acceptors (Lipinski definition) is 4. The molecule has 0 amide bonds. The van der Waals surface area contributed by atoms with Crippen LogP contribution in [0.25, 0.3) is 0 Å². The van der Waals surface area contributed by atoms with Crippen molar-refractivity contribution in [3.05, 3.63) is 23.2 Å². The minimum Gasteiger partial charge on any atom is -0.475 e. The fourth-order valence-corrected chi connectivity index (χ4v) is 1.98. The molecule has 1 fully saturated rings. The maximum absolute atomic E-state index is 10.7. The Labute approximate surface area is 93.3 Å². The number of likely N-dealkylation sites (tertiary alicyclic amines) is 1. The lowest BCUT2D eigenvalue weighted by atomic mass is 10.2. The van der Waals surface area contributed by atoms with Crippen molar-refractivity contribution in [3.8, 4) is 0 Å². The summed E-state index contributed by atoms with van der Waals surface area (Å²) in [4.78, 5) is 12.8. The zero-order chi connectivity index (χ0) is 11.7. The van der Waals surface area contributed by atoms with Gasteiger partial charge in [-0.3, -0.25) is 4.90 Å². The standard InChI is InChI=1S/C11H15NO4/c1-7-8(4-10(16-7)11(14)15)5-12-3-2-9(13)6-12/h4,9,13H,2-3,5-6H2,1H3,(H,14,15). The summed E-state index contributed by atoms with van der Waals surface area (Å²) in [5, 5.41) is 18.2. The minimum absolute atomic E-state index is 0.0211. The number of carbonyl (C=O) groups is 1. The smallest absolute Gasteiger partial charge is 0.371 e. The molecule has 1 unspecified atom stereocenters. The maximum Gasteiger partial charge on any atom is 0.371 e. The summed E-state index contributed by atoms with van der Waals surface area (Å²) < 4.78 is 5.12. The highest BCUT2D eigenvalue weighted by Gasteiger charge is 2.22. The van der Waals surface area contributed by atoms with Gasteiger partial charge in [-0.05, 0) is 19.4 Å². The molecule has 1 atom stereocenters. The second-order valence-electron chi connectivity index (χ2n) is 4.17. The van der Waals surface area contributed by atoms with E-state index in [2.05, 4.69) is 4.90 Å². The molecule has 1 aromatic heterocycles. The zero-order valence-electron chi connectivity index (χ0n) is 9.14. The van der Waals surface area contributed by atoms with E-state index in [-0.39, 0.29) is 11.9 Å². The monoisotopic (exact) mass is 225 g/mol. The van der Waals surface area contributed by atoms with Crippen molar-refractivity contribution < 1.29 is 19.4 Å². The highest BCUT2D eigenvalue weighted by molar-refractivity contribution is 5.84. The first-order valence-electron chi connectivity index (χ1n) is 5.29. The lowest BCUT2D eigenvalue weighted by molar-refractivity contribution is 0.0661. The molecule has 0 saturated carbocycles. The van der Waals surface area contributed by atoms with E-state index in [0.717, 1.165) is 18.5 Å². The molecule has 5 heteroatoms. The Morgan fingerprint density at radius 3 is 2.94 bits per heavy atom. The molecule has 2 heterocycles. The molecular weight excluding hydrogens is 210 g/mol. The van der Waals surface area contributed by atoms with Gasteiger partial charge in [0.2, 0.25) is 5.76 Å². The first-order chi connectivity index (χ1) is 7.56. The molecule has 0 bridgehead atoms. The van der Waals surface area contributed by atoms with Crippen molar-refractivity contribution in [1.29, 1.82) is 0 Å². The van der Waals surface area contributed by atoms with E-state index >= 15 is 0 Å². The quantitative estimate of drug-likeness (QED) is 0.797. The summed E-state index contributed by atoms with van der Waals surface area (Å²) in [5.41, 5.74) is 0.881. The van der Waals surface area contributed by atoms with Crippen molar-refractivity contribution in [2.45, 2.75) is 26.0 Å². The van der Waals surface area contributed by atoms with Crippen molar-refractivity contribution in [3.63, 3.8) is 0 Å². The largest absolute Gasteiger partial charge is 0.475 e. The number of carboxylic acid groups (broad SMARTS) is 1. The Morgan fingerprint density at radius 2 is 2.44 bits per heavy atom. The molecule has 1 aromatic rings. The van der Waals surface area contributed by atoms with Crippen molar-refractivity contribution >= 4 is 5.97 Å². The van der Waals surface area contributed by atoms with Gasteiger partial charge >= 0.3 is 5.97 Å². The normalized spacial score (nSPS) is 21.5. The topological polar surface area (TPSA) is 73.9 Å². The van der Waals surface area contributed by atoms with Crippen molar-refractivity contribution in [2.24, 2.45) is 0 Å². The van der Waals surface area contributed by atoms with E-state index in [4.69, 9.17) is 9.52 Å². The van der Waals surface area contributed by atoms with E-state index in [1.807, 2.05) is 0 Å². The van der Waals surface area contributed by atoms with Crippen molar-refractivity contribution in [1.82, 2.24) is 4.90 Å². The highest BCUT2D eigenvalue weighted by Crippen LogP contribution is 2.19. The SMILES string of the molecule is Cc1oc(C(=O)O)cc1CN1CCC(O)C1. The van der Waals surface area contributed by atoms with Gasteiger partial charge in [0.1, 0.15) is 5.76 Å². The summed E-state index contributed by atoms with van der Waals surface area (Å²) in [6.07, 6.45) is 0.522. The third kappa shape index (κ3) is 2.25. The van der Waals surface area contributed by atoms with Gasteiger partial charge in [-0.25, -0.2) is 4.79 Å². The molecule has 0 aromatic carbocycles. The van der Waals surface area contributed by atoms with Crippen LogP contribution in [0.4, 0.5) is 0 Å². The number of carboxylic acids is 1. The third-order valence-electron chi connectivity index (χ3n) is 2.87. The van der Waals surface area contributed by atoms with Gasteiger partial charge in [-0.15, -0.1) is 0 Å². The number of aliphatic hydroxyl groups is 1. The van der Waals surface area contributed by atoms with Crippen LogP contribution in [0.15, 0.2) is 10.5 Å². The molecule has 0 spiro atoms. The average Bonchev–Trinajstić information content (AvgIpc) is 2.75. The summed E-state index contributed by atoms with van der Waals surface area (Å²) in [5.74, 6) is -0.429. The van der Waals surface area contributed by atoms with Crippen LogP contribution in [-0.4, -0.2) is 40.3 Å². The Hall–Kier alpha value is -1.33. The average molecular weight is 225 g/mol. The summed E-state index contributed by atoms with van der Waals surface area (Å²) in [6, 6.07) is 1.56. The number of aryl methyl sites for hydroxylation is 1. The molecule has 2 rings (SSSR count). The molecule has 1 aliphatic rings. The molecule has 2 N–H and O–H groups in total. The van der Waals surface area contributed by atoms with E-state index in [1.54, 1.807) is 13.0 Å². The number of hydrogen-bond donors (Lipinski definition) is 2. The number of aromatic carboxylic acids is 1. The van der Waals surface area contributed by atoms with Crippen LogP contribution in [0.5, 0.6) is 0 Å². The molecule has 0 aliphatic carbocycles. The fourth-order valence-electron chi connectivity index (χ4n) is 1.98. The number of rotatable bonds is 3. The predicted molar refractivity (Wildman–Crippen MR) is 56.3 cm³/mol. The Morgan fingerprint density at radius 1 is 1.69 bits per heavy atom. The first-order valence-corrected chi connectivity index (χ1v) is 5.29. The zero-order valence-corrected chi connectivity index (χ0v) is 9.14. The van der Waals surface area contributed by atoms with Crippen LogP contribution in [0, 0.1) is 6.92 Å². The summed E-state index contributed by atoms with van der Waals surface area (Å²) in [6.45, 7) is 3.88. The van der Waals surface area contributed by atoms with Gasteiger partial charge in [0.05, 0.1) is 6.10 Å². The van der Waals surface area contributed by atoms with Crippen LogP contribution in [0.2, 0.25) is 0 Å². The number of nitrogens with zero attached hydrogens (tertiary/aromatic N) is 1. The molecule has 16 heavy (non-hydrogen) atoms. The fraction of sp³-hybridized carbons (Fsp3) is 0.545. The highest BCUT2D eigenvalue weighted by atomic mass is 16.4. The molecule has 0 radical (unpaired) electrons. The molecule has 1 saturated heterocycles. The number of furan rings is 1. The van der Waals surface area contributed by atoms with Gasteiger partial charge in [-0.1, -0.05) is 0 Å². The van der Waals surface area contributed by atoms with Crippen LogP contribution in [-0.2, 0) is 6.54 Å². The van der Waals surface area contributed by atoms with Gasteiger partial charge in [0.25, 0.3) is 0 Å². The molecule has 5 nitrogen and oxygen atoms in total. The van der Waals surface area contributed by atoms with Gasteiger partial charge in [0.15, 0.2) is 0 Å². The number of aliphatic hydroxyl groups excluding tert-OH is 1. The van der Waals surface area contributed by atoms with Crippen LogP contribution in [0.1, 0.15) is 28.3 Å². The number of β-amino-alcohol motifs (C(OH)–C–C–N with tert-alkyl or cyclic N) is 1. The van der Waals surface area contributed by atoms with E-state index in [9.17, 15) is 9.90 Å². The Balaban J connectivity index is 2.06. The van der Waals surface area contributed by atoms with Gasteiger partial charge < -0.3 is 14.6 Å². The summed E-state index contributed by atoms with van der Waals surface area (Å²) in [7, 11) is 0. The summed E-state index contributed by atoms with van der Waals surface area (Å²) >= 11 is 0. The van der Waals surface area contributed by atoms with E-state index < -0.39 is 5.97 Å². The lowest BCUT2D eigenvalue weighted by Crippen LogP contribution is -2.21.